The van der Waals surface area contributed by atoms with Crippen molar-refractivity contribution in [3.05, 3.63) is 62.9 Å². The van der Waals surface area contributed by atoms with Crippen LogP contribution in [-0.4, -0.2) is 28.7 Å². The van der Waals surface area contributed by atoms with E-state index in [4.69, 9.17) is 9.72 Å². The molecule has 2 aliphatic heterocycles. The Labute approximate surface area is 181 Å². The van der Waals surface area contributed by atoms with Crippen molar-refractivity contribution < 1.29 is 14.6 Å². The van der Waals surface area contributed by atoms with Crippen LogP contribution in [0.4, 0.5) is 0 Å². The largest absolute Gasteiger partial charge is 0.458 e. The number of benzene rings is 1. The Hall–Kier alpha value is -2.77. The van der Waals surface area contributed by atoms with Crippen LogP contribution in [0.5, 0.6) is 0 Å². The van der Waals surface area contributed by atoms with Gasteiger partial charge in [0.2, 0.25) is 0 Å². The molecule has 1 N–H and O–H groups in total. The highest BCUT2D eigenvalue weighted by molar-refractivity contribution is 6.75. The van der Waals surface area contributed by atoms with Gasteiger partial charge in [0.1, 0.15) is 6.61 Å². The minimum Gasteiger partial charge on any atom is -0.458 e. The van der Waals surface area contributed by atoms with E-state index >= 15 is 0 Å². The van der Waals surface area contributed by atoms with E-state index in [2.05, 4.69) is 25.7 Å². The van der Waals surface area contributed by atoms with E-state index in [1.807, 2.05) is 18.2 Å². The highest BCUT2D eigenvalue weighted by Gasteiger charge is 2.45. The summed E-state index contributed by atoms with van der Waals surface area (Å²) < 4.78 is 6.89. The molecule has 1 atom stereocenters. The van der Waals surface area contributed by atoms with E-state index in [-0.39, 0.29) is 18.6 Å². The average molecular weight is 435 g/mol. The van der Waals surface area contributed by atoms with E-state index in [0.717, 1.165) is 28.2 Å². The first-order chi connectivity index (χ1) is 14.6. The lowest BCUT2D eigenvalue weighted by atomic mass is 9.86. The zero-order valence-electron chi connectivity index (χ0n) is 18.3. The number of ether oxygens (including phenoxy) is 1. The Morgan fingerprint density at radius 1 is 1.19 bits per heavy atom. The van der Waals surface area contributed by atoms with Crippen LogP contribution in [0.15, 0.2) is 35.1 Å². The van der Waals surface area contributed by atoms with Crippen LogP contribution in [0.3, 0.4) is 0 Å². The summed E-state index contributed by atoms with van der Waals surface area (Å²) in [7, 11) is -1.46. The van der Waals surface area contributed by atoms with Crippen molar-refractivity contribution in [3.63, 3.8) is 0 Å². The second-order valence-corrected chi connectivity index (χ2v) is 15.3. The molecular formula is C24H26N2O4Si. The molecular weight excluding hydrogens is 408 g/mol. The molecule has 1 aromatic carbocycles. The maximum atomic E-state index is 13.4. The Kier molecular flexibility index (Phi) is 4.30. The van der Waals surface area contributed by atoms with Crippen molar-refractivity contribution in [2.45, 2.75) is 57.8 Å². The summed E-state index contributed by atoms with van der Waals surface area (Å²) in [5.41, 5.74) is 3.39. The van der Waals surface area contributed by atoms with E-state index in [1.165, 1.54) is 5.56 Å². The Morgan fingerprint density at radius 3 is 2.65 bits per heavy atom. The normalized spacial score (nSPS) is 19.7. The van der Waals surface area contributed by atoms with Crippen LogP contribution in [-0.2, 0) is 34.3 Å². The number of pyridine rings is 2. The number of carbonyl (C=O) groups excluding carboxylic acids is 1. The third-order valence-electron chi connectivity index (χ3n) is 6.42. The van der Waals surface area contributed by atoms with Crippen LogP contribution >= 0.6 is 0 Å². The van der Waals surface area contributed by atoms with Gasteiger partial charge < -0.3 is 14.4 Å². The first-order valence-corrected chi connectivity index (χ1v) is 14.4. The molecule has 0 saturated heterocycles. The molecule has 2 aromatic heterocycles. The van der Waals surface area contributed by atoms with Crippen LogP contribution in [0, 0.1) is 0 Å². The van der Waals surface area contributed by atoms with E-state index < -0.39 is 19.6 Å². The lowest BCUT2D eigenvalue weighted by Crippen LogP contribution is -2.44. The van der Waals surface area contributed by atoms with Gasteiger partial charge in [-0.3, -0.25) is 4.79 Å². The predicted molar refractivity (Wildman–Crippen MR) is 122 cm³/mol. The number of para-hydroxylation sites is 1. The van der Waals surface area contributed by atoms with Gasteiger partial charge in [-0.2, -0.15) is 0 Å². The number of aromatic nitrogens is 2. The van der Waals surface area contributed by atoms with E-state index in [1.54, 1.807) is 17.6 Å². The number of fused-ring (bicyclic) bond motifs is 5. The van der Waals surface area contributed by atoms with Crippen molar-refractivity contribution in [1.82, 2.24) is 9.55 Å². The zero-order chi connectivity index (χ0) is 22.1. The summed E-state index contributed by atoms with van der Waals surface area (Å²) in [4.78, 5) is 30.7. The van der Waals surface area contributed by atoms with Crippen LogP contribution in [0.1, 0.15) is 35.6 Å². The molecule has 0 fully saturated rings. The number of carbonyl (C=O) groups is 1. The summed E-state index contributed by atoms with van der Waals surface area (Å²) >= 11 is 0. The van der Waals surface area contributed by atoms with Crippen molar-refractivity contribution in [1.29, 1.82) is 0 Å². The van der Waals surface area contributed by atoms with Crippen LogP contribution in [0.2, 0.25) is 19.6 Å². The average Bonchev–Trinajstić information content (AvgIpc) is 3.09. The van der Waals surface area contributed by atoms with Gasteiger partial charge >= 0.3 is 5.97 Å². The third-order valence-corrected chi connectivity index (χ3v) is 7.83. The fraction of sp³-hybridized carbons (Fsp3) is 0.375. The highest BCUT2D eigenvalue weighted by atomic mass is 28.3. The fourth-order valence-corrected chi connectivity index (χ4v) is 6.31. The summed E-state index contributed by atoms with van der Waals surface area (Å²) in [6.45, 7) is 9.08. The van der Waals surface area contributed by atoms with Crippen LogP contribution < -0.4 is 5.56 Å². The first-order valence-electron chi connectivity index (χ1n) is 10.7. The van der Waals surface area contributed by atoms with Gasteiger partial charge in [0.05, 0.1) is 29.0 Å². The summed E-state index contributed by atoms with van der Waals surface area (Å²) in [5, 5.41) is 12.2. The molecule has 0 amide bonds. The standard InChI is InChI=1S/C24H26N2O4Si/c1-5-24(29)18-10-20-21-15(11-26(20)22(27)16(18)12-30-23(24)28)17(13-31(2,3)4)14-8-6-7-9-19(14)25-21/h6-10,29H,5,11-13H2,1-4H3. The molecule has 2 aliphatic rings. The predicted octanol–water partition coefficient (Wildman–Crippen LogP) is 3.50. The van der Waals surface area contributed by atoms with Gasteiger partial charge in [-0.25, -0.2) is 9.78 Å². The van der Waals surface area contributed by atoms with Crippen molar-refractivity contribution in [2.75, 3.05) is 0 Å². The van der Waals surface area contributed by atoms with Crippen molar-refractivity contribution in [2.24, 2.45) is 0 Å². The van der Waals surface area contributed by atoms with Crippen LogP contribution in [0.25, 0.3) is 22.3 Å². The Morgan fingerprint density at radius 2 is 1.94 bits per heavy atom. The first kappa shape index (κ1) is 20.1. The topological polar surface area (TPSA) is 81.4 Å². The Bertz CT molecular complexity index is 1320. The van der Waals surface area contributed by atoms with E-state index in [0.29, 0.717) is 23.4 Å². The molecule has 6 nitrogen and oxygen atoms in total. The number of aliphatic hydroxyl groups is 1. The van der Waals surface area contributed by atoms with Gasteiger partial charge in [-0.15, -0.1) is 0 Å². The summed E-state index contributed by atoms with van der Waals surface area (Å²) in [5.74, 6) is -0.698. The molecule has 3 aromatic rings. The summed E-state index contributed by atoms with van der Waals surface area (Å²) in [6.07, 6.45) is 0.139. The maximum absolute atomic E-state index is 13.4. The van der Waals surface area contributed by atoms with E-state index in [9.17, 15) is 14.7 Å². The SMILES string of the molecule is CCC1(O)C(=O)OCc2c1cc1n(c2=O)Cc2c-1nc1ccccc1c2C[Si](C)(C)C. The Balaban J connectivity index is 1.82. The summed E-state index contributed by atoms with van der Waals surface area (Å²) in [6, 6.07) is 10.9. The van der Waals surface area contributed by atoms with Gasteiger partial charge in [0.25, 0.3) is 5.56 Å². The lowest BCUT2D eigenvalue weighted by Gasteiger charge is -2.31. The van der Waals surface area contributed by atoms with Gasteiger partial charge in [0.15, 0.2) is 5.60 Å². The molecule has 4 heterocycles. The maximum Gasteiger partial charge on any atom is 0.343 e. The molecule has 31 heavy (non-hydrogen) atoms. The number of hydrogen-bond acceptors (Lipinski definition) is 5. The molecule has 0 bridgehead atoms. The lowest BCUT2D eigenvalue weighted by molar-refractivity contribution is -0.172. The smallest absolute Gasteiger partial charge is 0.343 e. The number of nitrogens with zero attached hydrogens (tertiary/aromatic N) is 2. The molecule has 5 rings (SSSR count). The third kappa shape index (κ3) is 2.91. The molecule has 0 radical (unpaired) electrons. The highest BCUT2D eigenvalue weighted by Crippen LogP contribution is 2.40. The second-order valence-electron chi connectivity index (χ2n) is 9.78. The monoisotopic (exact) mass is 434 g/mol. The minimum absolute atomic E-state index is 0.108. The molecule has 1 unspecified atom stereocenters. The second kappa shape index (κ2) is 6.61. The van der Waals surface area contributed by atoms with Crippen molar-refractivity contribution >= 4 is 24.9 Å². The fourth-order valence-electron chi connectivity index (χ4n) is 4.85. The zero-order valence-corrected chi connectivity index (χ0v) is 19.3. The van der Waals surface area contributed by atoms with Crippen molar-refractivity contribution in [3.8, 4) is 11.4 Å². The molecule has 0 saturated carbocycles. The number of esters is 1. The van der Waals surface area contributed by atoms with Gasteiger partial charge in [-0.1, -0.05) is 44.8 Å². The minimum atomic E-state index is -1.80. The van der Waals surface area contributed by atoms with Gasteiger partial charge in [-0.05, 0) is 30.2 Å². The number of hydrogen-bond donors (Lipinski definition) is 1. The quantitative estimate of drug-likeness (QED) is 0.394. The molecule has 160 valence electrons. The molecule has 0 spiro atoms. The molecule has 0 aliphatic carbocycles. The number of rotatable bonds is 3. The number of cyclic esters (lactones) is 1. The molecule has 7 heteroatoms. The van der Waals surface area contributed by atoms with Gasteiger partial charge in [0, 0.05) is 24.6 Å².